The first-order valence-corrected chi connectivity index (χ1v) is 8.09. The van der Waals surface area contributed by atoms with Gasteiger partial charge < -0.3 is 20.5 Å². The second-order valence-electron chi connectivity index (χ2n) is 5.96. The predicted molar refractivity (Wildman–Crippen MR) is 89.8 cm³/mol. The van der Waals surface area contributed by atoms with Crippen molar-refractivity contribution < 1.29 is 24.2 Å². The number of rotatable bonds is 8. The van der Waals surface area contributed by atoms with Crippen LogP contribution in [0.1, 0.15) is 25.3 Å². The number of aliphatic hydroxyl groups is 1. The van der Waals surface area contributed by atoms with Crippen LogP contribution in [-0.2, 0) is 16.1 Å². The number of hydrogen-bond acceptors (Lipinski definition) is 5. The monoisotopic (exact) mass is 349 g/mol. The Bertz CT molecular complexity index is 632. The molecule has 0 aliphatic carbocycles. The van der Waals surface area contributed by atoms with Crippen LogP contribution in [0.3, 0.4) is 0 Å². The normalized spacial score (nSPS) is 18.0. The molecule has 0 spiro atoms. The van der Waals surface area contributed by atoms with Gasteiger partial charge in [-0.3, -0.25) is 14.5 Å². The molecule has 1 fully saturated rings. The molecule has 1 aromatic rings. The van der Waals surface area contributed by atoms with Gasteiger partial charge in [0.25, 0.3) is 5.91 Å². The van der Waals surface area contributed by atoms with E-state index in [1.165, 1.54) is 0 Å². The fraction of sp³-hybridized carbons (Fsp3) is 0.471. The number of methoxy groups -OCH3 is 1. The van der Waals surface area contributed by atoms with Crippen LogP contribution in [0.4, 0.5) is 4.79 Å². The van der Waals surface area contributed by atoms with E-state index in [1.807, 2.05) is 0 Å². The molecule has 0 radical (unpaired) electrons. The minimum Gasteiger partial charge on any atom is -0.497 e. The van der Waals surface area contributed by atoms with E-state index in [0.717, 1.165) is 10.5 Å². The molecule has 4 amide bonds. The van der Waals surface area contributed by atoms with Crippen LogP contribution >= 0.6 is 0 Å². The fourth-order valence-corrected chi connectivity index (χ4v) is 2.50. The Morgan fingerprint density at radius 3 is 2.64 bits per heavy atom. The van der Waals surface area contributed by atoms with Crippen LogP contribution in [-0.4, -0.2) is 53.7 Å². The average molecular weight is 349 g/mol. The van der Waals surface area contributed by atoms with Gasteiger partial charge in [-0.1, -0.05) is 12.1 Å². The van der Waals surface area contributed by atoms with Crippen molar-refractivity contribution in [2.45, 2.75) is 38.4 Å². The van der Waals surface area contributed by atoms with Gasteiger partial charge >= 0.3 is 6.03 Å². The van der Waals surface area contributed by atoms with Crippen LogP contribution in [0.5, 0.6) is 5.75 Å². The largest absolute Gasteiger partial charge is 0.497 e. The second-order valence-corrected chi connectivity index (χ2v) is 5.96. The van der Waals surface area contributed by atoms with Gasteiger partial charge in [0.2, 0.25) is 5.91 Å². The van der Waals surface area contributed by atoms with Gasteiger partial charge in [-0.25, -0.2) is 4.79 Å². The summed E-state index contributed by atoms with van der Waals surface area (Å²) in [5.74, 6) is 0.0861. The van der Waals surface area contributed by atoms with Crippen molar-refractivity contribution in [2.75, 3.05) is 13.7 Å². The zero-order valence-electron chi connectivity index (χ0n) is 14.3. The van der Waals surface area contributed by atoms with Crippen molar-refractivity contribution in [3.63, 3.8) is 0 Å². The molecule has 0 bridgehead atoms. The highest BCUT2D eigenvalue weighted by molar-refractivity contribution is 6.04. The van der Waals surface area contributed by atoms with E-state index in [0.29, 0.717) is 5.75 Å². The number of aliphatic hydroxyl groups excluding tert-OH is 1. The predicted octanol–water partition coefficient (Wildman–Crippen LogP) is 0.393. The maximum absolute atomic E-state index is 12.4. The molecule has 136 valence electrons. The van der Waals surface area contributed by atoms with Gasteiger partial charge in [-0.05, 0) is 31.0 Å². The van der Waals surface area contributed by atoms with E-state index in [-0.39, 0.29) is 43.8 Å². The van der Waals surface area contributed by atoms with Crippen LogP contribution in [0.2, 0.25) is 0 Å². The number of imide groups is 1. The third kappa shape index (κ3) is 4.93. The maximum Gasteiger partial charge on any atom is 0.325 e. The average Bonchev–Trinajstić information content (AvgIpc) is 2.88. The number of amides is 4. The van der Waals surface area contributed by atoms with E-state index in [1.54, 1.807) is 38.3 Å². The molecule has 8 heteroatoms. The highest BCUT2D eigenvalue weighted by atomic mass is 16.5. The Kier molecular flexibility index (Phi) is 6.35. The Morgan fingerprint density at radius 2 is 2.04 bits per heavy atom. The van der Waals surface area contributed by atoms with E-state index >= 15 is 0 Å². The first-order chi connectivity index (χ1) is 11.9. The number of carbonyl (C=O) groups excluding carboxylic acids is 3. The molecule has 3 N–H and O–H groups in total. The highest BCUT2D eigenvalue weighted by Gasteiger charge is 2.37. The minimum atomic E-state index is -0.707. The fourth-order valence-electron chi connectivity index (χ4n) is 2.50. The number of hydrogen-bond donors (Lipinski definition) is 3. The summed E-state index contributed by atoms with van der Waals surface area (Å²) in [7, 11) is 1.56. The van der Waals surface area contributed by atoms with Crippen molar-refractivity contribution in [1.82, 2.24) is 15.5 Å². The highest BCUT2D eigenvalue weighted by Crippen LogP contribution is 2.17. The number of urea groups is 1. The molecule has 1 aromatic carbocycles. The van der Waals surface area contributed by atoms with Gasteiger partial charge in [-0.2, -0.15) is 0 Å². The Hall–Kier alpha value is -2.61. The number of ether oxygens (including phenoxy) is 1. The molecule has 1 heterocycles. The lowest BCUT2D eigenvalue weighted by Crippen LogP contribution is -2.37. The van der Waals surface area contributed by atoms with Crippen molar-refractivity contribution in [3.05, 3.63) is 29.8 Å². The van der Waals surface area contributed by atoms with Gasteiger partial charge in [0.05, 0.1) is 20.3 Å². The third-order valence-corrected chi connectivity index (χ3v) is 3.95. The van der Waals surface area contributed by atoms with Crippen molar-refractivity contribution in [2.24, 2.45) is 0 Å². The number of carbonyl (C=O) groups is 3. The maximum atomic E-state index is 12.4. The lowest BCUT2D eigenvalue weighted by Gasteiger charge is -2.14. The summed E-state index contributed by atoms with van der Waals surface area (Å²) in [5.41, 5.74) is 0.805. The van der Waals surface area contributed by atoms with Crippen LogP contribution in [0, 0.1) is 0 Å². The third-order valence-electron chi connectivity index (χ3n) is 3.95. The van der Waals surface area contributed by atoms with Crippen molar-refractivity contribution >= 4 is 17.8 Å². The smallest absolute Gasteiger partial charge is 0.325 e. The summed E-state index contributed by atoms with van der Waals surface area (Å²) in [6, 6.07) is 5.59. The molecule has 25 heavy (non-hydrogen) atoms. The molecule has 0 saturated carbocycles. The molecule has 1 aliphatic heterocycles. The lowest BCUT2D eigenvalue weighted by molar-refractivity contribution is -0.128. The zero-order chi connectivity index (χ0) is 18.4. The topological polar surface area (TPSA) is 108 Å². The summed E-state index contributed by atoms with van der Waals surface area (Å²) >= 11 is 0. The van der Waals surface area contributed by atoms with Gasteiger partial charge in [0, 0.05) is 12.5 Å². The summed E-state index contributed by atoms with van der Waals surface area (Å²) < 4.78 is 5.07. The molecule has 8 nitrogen and oxygen atoms in total. The van der Waals surface area contributed by atoms with E-state index in [2.05, 4.69) is 10.6 Å². The van der Waals surface area contributed by atoms with Crippen molar-refractivity contribution in [1.29, 1.82) is 0 Å². The Labute approximate surface area is 146 Å². The number of benzene rings is 1. The first-order valence-electron chi connectivity index (χ1n) is 8.09. The van der Waals surface area contributed by atoms with E-state index in [4.69, 9.17) is 9.84 Å². The molecule has 0 aromatic heterocycles. The number of nitrogens with zero attached hydrogens (tertiary/aromatic N) is 1. The molecule has 2 atom stereocenters. The molecule has 0 unspecified atom stereocenters. The van der Waals surface area contributed by atoms with E-state index in [9.17, 15) is 14.4 Å². The van der Waals surface area contributed by atoms with E-state index < -0.39 is 12.1 Å². The van der Waals surface area contributed by atoms with Crippen molar-refractivity contribution in [3.8, 4) is 5.75 Å². The first kappa shape index (κ1) is 18.7. The molecule has 1 aliphatic rings. The summed E-state index contributed by atoms with van der Waals surface area (Å²) in [6.07, 6.45) is 0.311. The Balaban J connectivity index is 1.89. The quantitative estimate of drug-likeness (QED) is 0.589. The minimum absolute atomic E-state index is 0.0946. The molecule has 1 saturated heterocycles. The van der Waals surface area contributed by atoms with Gasteiger partial charge in [0.15, 0.2) is 0 Å². The summed E-state index contributed by atoms with van der Waals surface area (Å²) in [6.45, 7) is 1.69. The number of nitrogens with one attached hydrogen (secondary N) is 2. The summed E-state index contributed by atoms with van der Waals surface area (Å²) in [5, 5.41) is 14.1. The standard InChI is InChI=1S/C17H23N3O5/c1-11(10-21)18-15(22)8-7-14-16(23)20(17(24)19-14)9-12-3-5-13(25-2)6-4-12/h3-6,11,14,21H,7-10H2,1-2H3,(H,18,22)(H,19,24)/t11-,14-/m0/s1. The lowest BCUT2D eigenvalue weighted by atomic mass is 10.1. The molecule has 2 rings (SSSR count). The van der Waals surface area contributed by atoms with Gasteiger partial charge in [0.1, 0.15) is 11.8 Å². The zero-order valence-corrected chi connectivity index (χ0v) is 14.3. The molecular weight excluding hydrogens is 326 g/mol. The Morgan fingerprint density at radius 1 is 1.36 bits per heavy atom. The second kappa shape index (κ2) is 8.48. The van der Waals surface area contributed by atoms with Gasteiger partial charge in [-0.15, -0.1) is 0 Å². The summed E-state index contributed by atoms with van der Waals surface area (Å²) in [4.78, 5) is 37.3. The van der Waals surface area contributed by atoms with Crippen LogP contribution < -0.4 is 15.4 Å². The SMILES string of the molecule is COc1ccc(CN2C(=O)N[C@@H](CCC(=O)N[C@@H](C)CO)C2=O)cc1. The van der Waals surface area contributed by atoms with Crippen LogP contribution in [0.15, 0.2) is 24.3 Å². The van der Waals surface area contributed by atoms with Crippen LogP contribution in [0.25, 0.3) is 0 Å². The molecular formula is C17H23N3O5.